The van der Waals surface area contributed by atoms with Crippen LogP contribution in [0.1, 0.15) is 18.1 Å². The molecule has 0 amide bonds. The highest BCUT2D eigenvalue weighted by atomic mass is 16.7. The lowest BCUT2D eigenvalue weighted by Crippen LogP contribution is -2.37. The van der Waals surface area contributed by atoms with E-state index in [1.54, 1.807) is 0 Å². The summed E-state index contributed by atoms with van der Waals surface area (Å²) in [5.41, 5.74) is 0.821. The maximum atomic E-state index is 11.5. The third kappa shape index (κ3) is 13.5. The number of carbonyl (C=O) groups excluding carboxylic acids is 1. The smallest absolute Gasteiger partial charge is 0.450 e. The topological polar surface area (TPSA) is 130 Å². The van der Waals surface area contributed by atoms with E-state index in [1.807, 2.05) is 51.5 Å². The van der Waals surface area contributed by atoms with Gasteiger partial charge in [-0.1, -0.05) is 30.3 Å². The Morgan fingerprint density at radius 1 is 1.04 bits per heavy atom. The van der Waals surface area contributed by atoms with E-state index in [9.17, 15) is 9.59 Å². The fourth-order valence-corrected chi connectivity index (χ4v) is 1.70. The van der Waals surface area contributed by atoms with Crippen molar-refractivity contribution in [2.45, 2.75) is 12.5 Å². The predicted molar refractivity (Wildman–Crippen MR) is 87.4 cm³/mol. The zero-order valence-electron chi connectivity index (χ0n) is 14.4. The first-order valence-corrected chi connectivity index (χ1v) is 7.33. The van der Waals surface area contributed by atoms with Gasteiger partial charge >= 0.3 is 18.3 Å². The molecule has 0 bridgehead atoms. The Kier molecular flexibility index (Phi) is 9.83. The fourth-order valence-electron chi connectivity index (χ4n) is 1.70. The summed E-state index contributed by atoms with van der Waals surface area (Å²) in [7, 11) is 6.12. The first kappa shape index (κ1) is 22.4. The van der Waals surface area contributed by atoms with Crippen molar-refractivity contribution in [1.82, 2.24) is 0 Å². The number of carboxylic acid groups (broad SMARTS) is 3. The van der Waals surface area contributed by atoms with Crippen molar-refractivity contribution in [3.63, 3.8) is 0 Å². The second-order valence-corrected chi connectivity index (χ2v) is 6.01. The summed E-state index contributed by atoms with van der Waals surface area (Å²) in [5, 5.41) is 22.4. The van der Waals surface area contributed by atoms with Crippen LogP contribution in [0.3, 0.4) is 0 Å². The van der Waals surface area contributed by atoms with Crippen molar-refractivity contribution in [2.75, 3.05) is 34.3 Å². The van der Waals surface area contributed by atoms with Gasteiger partial charge in [0.15, 0.2) is 0 Å². The monoisotopic (exact) mass is 358 g/mol. The van der Waals surface area contributed by atoms with E-state index in [2.05, 4.69) is 4.74 Å². The van der Waals surface area contributed by atoms with Crippen LogP contribution in [0.25, 0.3) is 0 Å². The molecule has 0 spiro atoms. The van der Waals surface area contributed by atoms with Gasteiger partial charge in [0, 0.05) is 0 Å². The highest BCUT2D eigenvalue weighted by Crippen LogP contribution is 2.21. The van der Waals surface area contributed by atoms with E-state index < -0.39 is 24.4 Å². The van der Waals surface area contributed by atoms with Crippen molar-refractivity contribution < 1.29 is 43.7 Å². The number of benzene rings is 1. The zero-order chi connectivity index (χ0) is 19.5. The molecule has 0 aliphatic rings. The fraction of sp³-hybridized carbons (Fsp3) is 0.438. The number of quaternary nitrogens is 1. The van der Waals surface area contributed by atoms with Gasteiger partial charge in [0.1, 0.15) is 6.54 Å². The van der Waals surface area contributed by atoms with Crippen molar-refractivity contribution >= 4 is 18.3 Å². The molecule has 140 valence electrons. The number of hydrogen-bond donors (Lipinski definition) is 3. The number of likely N-dealkylation sites (N-methyl/N-ethyl adjacent to an activating group) is 1. The lowest BCUT2D eigenvalue weighted by atomic mass is 10.1. The SMILES string of the molecule is C[N+](C)(C)CCOC(CC(=O)OC(=O)O)c1ccccc1.O=C(O)O. The van der Waals surface area contributed by atoms with E-state index in [0.29, 0.717) is 6.61 Å². The summed E-state index contributed by atoms with van der Waals surface area (Å²) < 4.78 is 10.6. The van der Waals surface area contributed by atoms with E-state index in [4.69, 9.17) is 24.9 Å². The van der Waals surface area contributed by atoms with E-state index >= 15 is 0 Å². The predicted octanol–water partition coefficient (Wildman–Crippen LogP) is 2.28. The molecule has 0 aliphatic carbocycles. The van der Waals surface area contributed by atoms with Crippen LogP contribution in [0.15, 0.2) is 30.3 Å². The quantitative estimate of drug-likeness (QED) is 0.384. The Bertz CT molecular complexity index is 549. The Labute approximate surface area is 145 Å². The van der Waals surface area contributed by atoms with Crippen molar-refractivity contribution in [3.8, 4) is 0 Å². The largest absolute Gasteiger partial charge is 0.513 e. The third-order valence-corrected chi connectivity index (χ3v) is 2.81. The van der Waals surface area contributed by atoms with Gasteiger partial charge in [-0.15, -0.1) is 0 Å². The molecular formula is C16H24NO8+. The lowest BCUT2D eigenvalue weighted by Gasteiger charge is -2.25. The Morgan fingerprint density at radius 2 is 1.56 bits per heavy atom. The van der Waals surface area contributed by atoms with Gasteiger partial charge in [0.2, 0.25) is 0 Å². The number of esters is 1. The minimum atomic E-state index is -1.83. The second-order valence-electron chi connectivity index (χ2n) is 6.01. The molecule has 25 heavy (non-hydrogen) atoms. The van der Waals surface area contributed by atoms with Gasteiger partial charge in [0.25, 0.3) is 0 Å². The molecule has 1 aromatic rings. The summed E-state index contributed by atoms with van der Waals surface area (Å²) in [6.45, 7) is 1.24. The molecule has 1 rings (SSSR count). The van der Waals surface area contributed by atoms with Crippen LogP contribution in [-0.4, -0.2) is 72.4 Å². The molecule has 0 radical (unpaired) electrons. The molecule has 3 N–H and O–H groups in total. The Balaban J connectivity index is 0.00000129. The zero-order valence-corrected chi connectivity index (χ0v) is 14.4. The van der Waals surface area contributed by atoms with E-state index in [-0.39, 0.29) is 6.42 Å². The highest BCUT2D eigenvalue weighted by Gasteiger charge is 2.20. The molecule has 9 heteroatoms. The molecule has 0 saturated heterocycles. The standard InChI is InChI=1S/C15H21NO5.CH2O3/c1-16(2,3)9-10-20-13(11-14(17)21-15(18)19)12-7-5-4-6-8-12;2-1(3)4/h4-8,13H,9-11H2,1-3H3;(H2,2,3,4)/p+1. The van der Waals surface area contributed by atoms with Gasteiger partial charge in [-0.2, -0.15) is 0 Å². The molecule has 0 saturated carbocycles. The van der Waals surface area contributed by atoms with Crippen molar-refractivity contribution in [1.29, 1.82) is 0 Å². The normalized spacial score (nSPS) is 11.6. The van der Waals surface area contributed by atoms with Crippen molar-refractivity contribution in [3.05, 3.63) is 35.9 Å². The summed E-state index contributed by atoms with van der Waals surface area (Å²) in [5.74, 6) is -0.818. The van der Waals surface area contributed by atoms with Crippen molar-refractivity contribution in [2.24, 2.45) is 0 Å². The molecule has 1 aromatic carbocycles. The van der Waals surface area contributed by atoms with E-state index in [1.165, 1.54) is 0 Å². The minimum absolute atomic E-state index is 0.131. The summed E-state index contributed by atoms with van der Waals surface area (Å²) >= 11 is 0. The van der Waals surface area contributed by atoms with Gasteiger partial charge < -0.3 is 29.3 Å². The molecule has 1 atom stereocenters. The average molecular weight is 358 g/mol. The summed E-state index contributed by atoms with van der Waals surface area (Å²) in [6, 6.07) is 9.22. The minimum Gasteiger partial charge on any atom is -0.450 e. The van der Waals surface area contributed by atoms with Crippen LogP contribution < -0.4 is 0 Å². The molecule has 0 fully saturated rings. The maximum Gasteiger partial charge on any atom is 0.513 e. The second kappa shape index (κ2) is 11.0. The molecule has 1 unspecified atom stereocenters. The molecular weight excluding hydrogens is 334 g/mol. The van der Waals surface area contributed by atoms with Gasteiger partial charge in [-0.05, 0) is 5.56 Å². The number of carbonyl (C=O) groups is 3. The number of ether oxygens (including phenoxy) is 2. The van der Waals surface area contributed by atoms with Crippen LogP contribution >= 0.6 is 0 Å². The third-order valence-electron chi connectivity index (χ3n) is 2.81. The number of hydrogen-bond acceptors (Lipinski definition) is 5. The highest BCUT2D eigenvalue weighted by molar-refractivity contribution is 5.81. The van der Waals surface area contributed by atoms with E-state index in [0.717, 1.165) is 16.6 Å². The van der Waals surface area contributed by atoms with Crippen LogP contribution in [0.2, 0.25) is 0 Å². The first-order valence-electron chi connectivity index (χ1n) is 7.33. The number of nitrogens with zero attached hydrogens (tertiary/aromatic N) is 1. The van der Waals surface area contributed by atoms with Crippen LogP contribution in [0, 0.1) is 0 Å². The van der Waals surface area contributed by atoms with Gasteiger partial charge in [-0.3, -0.25) is 4.79 Å². The van der Waals surface area contributed by atoms with Crippen LogP contribution in [-0.2, 0) is 14.3 Å². The Hall–Kier alpha value is -2.65. The molecule has 0 heterocycles. The molecule has 0 aliphatic heterocycles. The maximum absolute atomic E-state index is 11.5. The summed E-state index contributed by atoms with van der Waals surface area (Å²) in [6.07, 6.45) is -4.07. The van der Waals surface area contributed by atoms with Crippen LogP contribution in [0.5, 0.6) is 0 Å². The van der Waals surface area contributed by atoms with Crippen LogP contribution in [0.4, 0.5) is 9.59 Å². The van der Waals surface area contributed by atoms with Gasteiger partial charge in [0.05, 0.1) is 40.3 Å². The number of rotatable bonds is 7. The summed E-state index contributed by atoms with van der Waals surface area (Å²) in [4.78, 5) is 30.5. The Morgan fingerprint density at radius 3 is 2.00 bits per heavy atom. The first-order chi connectivity index (χ1) is 11.5. The average Bonchev–Trinajstić information content (AvgIpc) is 2.44. The molecule has 0 aromatic heterocycles. The van der Waals surface area contributed by atoms with Gasteiger partial charge in [-0.25, -0.2) is 9.59 Å². The molecule has 9 nitrogen and oxygen atoms in total. The lowest BCUT2D eigenvalue weighted by molar-refractivity contribution is -0.870.